The van der Waals surface area contributed by atoms with Crippen molar-refractivity contribution < 1.29 is 0 Å². The van der Waals surface area contributed by atoms with E-state index in [1.807, 2.05) is 12.3 Å². The highest BCUT2D eigenvalue weighted by atomic mass is 15.2. The van der Waals surface area contributed by atoms with Crippen LogP contribution < -0.4 is 4.90 Å². The summed E-state index contributed by atoms with van der Waals surface area (Å²) in [5.74, 6) is 2.71. The molecule has 1 fully saturated rings. The monoisotopic (exact) mass is 386 g/mol. The molecule has 0 atom stereocenters. The molecule has 0 radical (unpaired) electrons. The van der Waals surface area contributed by atoms with Crippen molar-refractivity contribution in [1.82, 2.24) is 24.5 Å². The number of aryl methyl sites for hydroxylation is 5. The Morgan fingerprint density at radius 2 is 1.76 bits per heavy atom. The van der Waals surface area contributed by atoms with Crippen molar-refractivity contribution in [2.45, 2.75) is 33.6 Å². The summed E-state index contributed by atoms with van der Waals surface area (Å²) in [6.45, 7) is 8.70. The molecule has 1 saturated heterocycles. The lowest BCUT2D eigenvalue weighted by Crippen LogP contribution is -2.46. The van der Waals surface area contributed by atoms with Crippen LogP contribution in [0.3, 0.4) is 0 Å². The standard InChI is InChI=1S/C23H26N6/c1-14-12-29(13-14)23-15(2)25-20(26-16(23)3)9-10-21-27-22-17-6-5-11-24-18(17)7-8-19(22)28(21)4/h5-8,11,14H,9-10,12-13H2,1-4H3. The average molecular weight is 387 g/mol. The highest BCUT2D eigenvalue weighted by Crippen LogP contribution is 2.29. The topological polar surface area (TPSA) is 59.7 Å². The second-order valence-corrected chi connectivity index (χ2v) is 8.26. The minimum atomic E-state index is 0.761. The minimum Gasteiger partial charge on any atom is -0.368 e. The van der Waals surface area contributed by atoms with Gasteiger partial charge in [0.1, 0.15) is 11.6 Å². The Balaban J connectivity index is 1.42. The molecule has 148 valence electrons. The van der Waals surface area contributed by atoms with E-state index < -0.39 is 0 Å². The van der Waals surface area contributed by atoms with Crippen LogP contribution in [0.1, 0.15) is 30.0 Å². The Labute approximate surface area is 170 Å². The summed E-state index contributed by atoms with van der Waals surface area (Å²) in [4.78, 5) is 21.4. The number of pyridine rings is 1. The fourth-order valence-electron chi connectivity index (χ4n) is 4.53. The number of nitrogens with zero attached hydrogens (tertiary/aromatic N) is 6. The number of fused-ring (bicyclic) bond motifs is 3. The van der Waals surface area contributed by atoms with E-state index in [9.17, 15) is 0 Å². The van der Waals surface area contributed by atoms with Gasteiger partial charge in [-0.1, -0.05) is 6.92 Å². The molecule has 4 heterocycles. The van der Waals surface area contributed by atoms with Crippen LogP contribution in [0.15, 0.2) is 30.5 Å². The van der Waals surface area contributed by atoms with Gasteiger partial charge in [-0.25, -0.2) is 15.0 Å². The third kappa shape index (κ3) is 3.03. The smallest absolute Gasteiger partial charge is 0.129 e. The van der Waals surface area contributed by atoms with E-state index in [0.29, 0.717) is 0 Å². The van der Waals surface area contributed by atoms with Crippen LogP contribution >= 0.6 is 0 Å². The van der Waals surface area contributed by atoms with Gasteiger partial charge in [-0.15, -0.1) is 0 Å². The molecule has 0 saturated carbocycles. The van der Waals surface area contributed by atoms with Crippen molar-refractivity contribution in [3.8, 4) is 0 Å². The first-order chi connectivity index (χ1) is 14.0. The number of rotatable bonds is 4. The van der Waals surface area contributed by atoms with E-state index in [2.05, 4.69) is 60.5 Å². The number of hydrogen-bond acceptors (Lipinski definition) is 5. The molecule has 6 heteroatoms. The zero-order chi connectivity index (χ0) is 20.1. The second kappa shape index (κ2) is 6.79. The summed E-state index contributed by atoms with van der Waals surface area (Å²) in [6, 6.07) is 8.23. The average Bonchev–Trinajstić information content (AvgIpc) is 3.01. The Morgan fingerprint density at radius 1 is 1.00 bits per heavy atom. The van der Waals surface area contributed by atoms with Crippen molar-refractivity contribution in [3.63, 3.8) is 0 Å². The van der Waals surface area contributed by atoms with Crippen LogP contribution in [0.25, 0.3) is 21.9 Å². The minimum absolute atomic E-state index is 0.761. The molecule has 0 spiro atoms. The third-order valence-electron chi connectivity index (χ3n) is 5.96. The summed E-state index contributed by atoms with van der Waals surface area (Å²) in [5.41, 5.74) is 6.52. The second-order valence-electron chi connectivity index (χ2n) is 8.26. The zero-order valence-electron chi connectivity index (χ0n) is 17.5. The van der Waals surface area contributed by atoms with Crippen molar-refractivity contribution in [3.05, 3.63) is 53.5 Å². The molecule has 0 amide bonds. The highest BCUT2D eigenvalue weighted by molar-refractivity contribution is 6.02. The van der Waals surface area contributed by atoms with E-state index in [-0.39, 0.29) is 0 Å². The van der Waals surface area contributed by atoms with Gasteiger partial charge in [0.2, 0.25) is 0 Å². The number of anilines is 1. The Hall–Kier alpha value is -3.02. The fourth-order valence-corrected chi connectivity index (χ4v) is 4.53. The van der Waals surface area contributed by atoms with Gasteiger partial charge in [-0.05, 0) is 44.0 Å². The summed E-state index contributed by atoms with van der Waals surface area (Å²) < 4.78 is 2.18. The molecule has 29 heavy (non-hydrogen) atoms. The third-order valence-corrected chi connectivity index (χ3v) is 5.96. The van der Waals surface area contributed by atoms with Gasteiger partial charge in [-0.2, -0.15) is 0 Å². The van der Waals surface area contributed by atoms with Gasteiger partial charge in [0, 0.05) is 44.6 Å². The van der Waals surface area contributed by atoms with Crippen molar-refractivity contribution >= 4 is 27.6 Å². The molecule has 0 aliphatic carbocycles. The SMILES string of the molecule is Cc1nc(CCc2nc3c4cccnc4ccc3n2C)nc(C)c1N1CC(C)C1. The lowest BCUT2D eigenvalue weighted by atomic mass is 10.0. The van der Waals surface area contributed by atoms with Crippen LogP contribution in [-0.2, 0) is 19.9 Å². The quantitative estimate of drug-likeness (QED) is 0.534. The molecule has 3 aromatic heterocycles. The zero-order valence-corrected chi connectivity index (χ0v) is 17.5. The number of imidazole rings is 1. The Morgan fingerprint density at radius 3 is 2.48 bits per heavy atom. The predicted molar refractivity (Wildman–Crippen MR) is 116 cm³/mol. The van der Waals surface area contributed by atoms with Gasteiger partial charge in [-0.3, -0.25) is 4.98 Å². The fraction of sp³-hybridized carbons (Fsp3) is 0.391. The van der Waals surface area contributed by atoms with Crippen LogP contribution in [-0.4, -0.2) is 37.6 Å². The lowest BCUT2D eigenvalue weighted by molar-refractivity contribution is 0.444. The van der Waals surface area contributed by atoms with Gasteiger partial charge < -0.3 is 9.47 Å². The first-order valence-corrected chi connectivity index (χ1v) is 10.3. The Bertz CT molecular complexity index is 1200. The molecule has 1 aliphatic heterocycles. The molecule has 1 aromatic carbocycles. The Kier molecular flexibility index (Phi) is 4.23. The van der Waals surface area contributed by atoms with E-state index in [1.165, 1.54) is 5.69 Å². The van der Waals surface area contributed by atoms with Gasteiger partial charge >= 0.3 is 0 Å². The van der Waals surface area contributed by atoms with Gasteiger partial charge in [0.05, 0.1) is 33.6 Å². The van der Waals surface area contributed by atoms with Crippen molar-refractivity contribution in [2.75, 3.05) is 18.0 Å². The number of hydrogen-bond donors (Lipinski definition) is 0. The van der Waals surface area contributed by atoms with E-state index in [0.717, 1.165) is 76.8 Å². The van der Waals surface area contributed by atoms with E-state index in [1.54, 1.807) is 0 Å². The molecule has 0 bridgehead atoms. The first-order valence-electron chi connectivity index (χ1n) is 10.3. The molecule has 5 rings (SSSR count). The molecule has 0 N–H and O–H groups in total. The molecule has 1 aliphatic rings. The molecule has 6 nitrogen and oxygen atoms in total. The summed E-state index contributed by atoms with van der Waals surface area (Å²) >= 11 is 0. The van der Waals surface area contributed by atoms with Crippen LogP contribution in [0.4, 0.5) is 5.69 Å². The predicted octanol–water partition coefficient (Wildman–Crippen LogP) is 3.77. The largest absolute Gasteiger partial charge is 0.368 e. The first kappa shape index (κ1) is 18.0. The van der Waals surface area contributed by atoms with E-state index >= 15 is 0 Å². The lowest BCUT2D eigenvalue weighted by Gasteiger charge is -2.40. The van der Waals surface area contributed by atoms with Crippen LogP contribution in [0.2, 0.25) is 0 Å². The maximum absolute atomic E-state index is 4.94. The normalized spacial score (nSPS) is 14.7. The highest BCUT2D eigenvalue weighted by Gasteiger charge is 2.26. The van der Waals surface area contributed by atoms with E-state index in [4.69, 9.17) is 15.0 Å². The van der Waals surface area contributed by atoms with Crippen molar-refractivity contribution in [1.29, 1.82) is 0 Å². The summed E-state index contributed by atoms with van der Waals surface area (Å²) in [7, 11) is 2.08. The maximum Gasteiger partial charge on any atom is 0.129 e. The number of benzene rings is 1. The van der Waals surface area contributed by atoms with Crippen LogP contribution in [0, 0.1) is 19.8 Å². The van der Waals surface area contributed by atoms with Crippen LogP contribution in [0.5, 0.6) is 0 Å². The van der Waals surface area contributed by atoms with Gasteiger partial charge in [0.25, 0.3) is 0 Å². The molecular formula is C23H26N6. The van der Waals surface area contributed by atoms with Gasteiger partial charge in [0.15, 0.2) is 0 Å². The number of aromatic nitrogens is 5. The molecular weight excluding hydrogens is 360 g/mol. The maximum atomic E-state index is 4.94. The van der Waals surface area contributed by atoms with Crippen molar-refractivity contribution in [2.24, 2.45) is 13.0 Å². The summed E-state index contributed by atoms with van der Waals surface area (Å²) in [5, 5.41) is 1.10. The molecule has 0 unspecified atom stereocenters. The molecule has 4 aromatic rings. The summed E-state index contributed by atoms with van der Waals surface area (Å²) in [6.07, 6.45) is 3.42.